The SMILES string of the molecule is Cc1nnc2n1C[C@H](NCc1csc(Br)c1)CC2. The molecule has 18 heavy (non-hydrogen) atoms. The molecule has 0 bridgehead atoms. The zero-order chi connectivity index (χ0) is 12.5. The fourth-order valence-corrected chi connectivity index (χ4v) is 3.54. The Labute approximate surface area is 119 Å². The van der Waals surface area contributed by atoms with Gasteiger partial charge in [0.2, 0.25) is 0 Å². The molecular formula is C12H15BrN4S. The van der Waals surface area contributed by atoms with Crippen molar-refractivity contribution in [1.82, 2.24) is 20.1 Å². The Bertz CT molecular complexity index is 548. The standard InChI is InChI=1S/C12H15BrN4S/c1-8-15-16-12-3-2-10(6-17(8)12)14-5-9-4-11(13)18-7-9/h4,7,10,14H,2-3,5-6H2,1H3/t10-/m1/s1. The van der Waals surface area contributed by atoms with Crippen LogP contribution < -0.4 is 5.32 Å². The monoisotopic (exact) mass is 326 g/mol. The largest absolute Gasteiger partial charge is 0.314 e. The number of aryl methyl sites for hydroxylation is 2. The molecule has 2 aromatic rings. The quantitative estimate of drug-likeness (QED) is 0.942. The van der Waals surface area contributed by atoms with E-state index in [1.165, 1.54) is 9.35 Å². The van der Waals surface area contributed by atoms with Crippen molar-refractivity contribution in [3.05, 3.63) is 32.4 Å². The number of aromatic nitrogens is 3. The van der Waals surface area contributed by atoms with E-state index in [2.05, 4.69) is 47.5 Å². The highest BCUT2D eigenvalue weighted by Crippen LogP contribution is 2.21. The third kappa shape index (κ3) is 2.50. The van der Waals surface area contributed by atoms with Crippen LogP contribution in [-0.4, -0.2) is 20.8 Å². The fourth-order valence-electron chi connectivity index (χ4n) is 2.33. The van der Waals surface area contributed by atoms with Crippen LogP contribution >= 0.6 is 27.3 Å². The summed E-state index contributed by atoms with van der Waals surface area (Å²) in [7, 11) is 0. The minimum Gasteiger partial charge on any atom is -0.314 e. The molecule has 0 saturated heterocycles. The summed E-state index contributed by atoms with van der Waals surface area (Å²) in [4.78, 5) is 0. The summed E-state index contributed by atoms with van der Waals surface area (Å²) in [5, 5.41) is 14.1. The summed E-state index contributed by atoms with van der Waals surface area (Å²) >= 11 is 5.23. The van der Waals surface area contributed by atoms with Crippen LogP contribution in [0, 0.1) is 6.92 Å². The Kier molecular flexibility index (Phi) is 3.50. The van der Waals surface area contributed by atoms with Crippen LogP contribution in [0.5, 0.6) is 0 Å². The van der Waals surface area contributed by atoms with Crippen molar-refractivity contribution in [3.8, 4) is 0 Å². The molecule has 1 N–H and O–H groups in total. The van der Waals surface area contributed by atoms with Gasteiger partial charge in [-0.2, -0.15) is 0 Å². The number of hydrogen-bond donors (Lipinski definition) is 1. The third-order valence-corrected chi connectivity index (χ3v) is 4.90. The highest BCUT2D eigenvalue weighted by Gasteiger charge is 2.20. The van der Waals surface area contributed by atoms with Crippen molar-refractivity contribution in [2.24, 2.45) is 0 Å². The molecule has 96 valence electrons. The van der Waals surface area contributed by atoms with Crippen LogP contribution in [0.2, 0.25) is 0 Å². The van der Waals surface area contributed by atoms with E-state index in [0.717, 1.165) is 37.6 Å². The predicted octanol–water partition coefficient (Wildman–Crippen LogP) is 2.52. The first kappa shape index (κ1) is 12.3. The summed E-state index contributed by atoms with van der Waals surface area (Å²) in [6.45, 7) is 3.94. The molecule has 0 aromatic carbocycles. The molecular weight excluding hydrogens is 312 g/mol. The average molecular weight is 327 g/mol. The molecule has 0 saturated carbocycles. The summed E-state index contributed by atoms with van der Waals surface area (Å²) in [6.07, 6.45) is 2.16. The van der Waals surface area contributed by atoms with Crippen LogP contribution in [0.15, 0.2) is 15.2 Å². The Morgan fingerprint density at radius 3 is 3.22 bits per heavy atom. The Morgan fingerprint density at radius 1 is 1.56 bits per heavy atom. The minimum absolute atomic E-state index is 0.519. The van der Waals surface area contributed by atoms with Gasteiger partial charge in [0.05, 0.1) is 3.79 Å². The first-order valence-corrected chi connectivity index (χ1v) is 7.74. The lowest BCUT2D eigenvalue weighted by Gasteiger charge is -2.24. The van der Waals surface area contributed by atoms with Crippen molar-refractivity contribution in [2.75, 3.05) is 0 Å². The van der Waals surface area contributed by atoms with E-state index in [9.17, 15) is 0 Å². The molecule has 3 heterocycles. The topological polar surface area (TPSA) is 42.7 Å². The average Bonchev–Trinajstić information content (AvgIpc) is 2.94. The van der Waals surface area contributed by atoms with Crippen LogP contribution in [-0.2, 0) is 19.5 Å². The number of nitrogens with one attached hydrogen (secondary N) is 1. The number of nitrogens with zero attached hydrogens (tertiary/aromatic N) is 3. The third-order valence-electron chi connectivity index (χ3n) is 3.35. The van der Waals surface area contributed by atoms with E-state index in [4.69, 9.17) is 0 Å². The van der Waals surface area contributed by atoms with Crippen LogP contribution in [0.25, 0.3) is 0 Å². The zero-order valence-electron chi connectivity index (χ0n) is 10.2. The Balaban J connectivity index is 1.61. The molecule has 1 atom stereocenters. The lowest BCUT2D eigenvalue weighted by Crippen LogP contribution is -2.37. The molecule has 0 fully saturated rings. The fraction of sp³-hybridized carbons (Fsp3) is 0.500. The zero-order valence-corrected chi connectivity index (χ0v) is 12.6. The smallest absolute Gasteiger partial charge is 0.133 e. The number of rotatable bonds is 3. The van der Waals surface area contributed by atoms with Crippen molar-refractivity contribution in [3.63, 3.8) is 0 Å². The van der Waals surface area contributed by atoms with Gasteiger partial charge in [-0.25, -0.2) is 0 Å². The van der Waals surface area contributed by atoms with Crippen molar-refractivity contribution < 1.29 is 0 Å². The van der Waals surface area contributed by atoms with Gasteiger partial charge in [0.1, 0.15) is 11.6 Å². The molecule has 0 aliphatic carbocycles. The molecule has 1 aliphatic heterocycles. The molecule has 0 spiro atoms. The molecule has 4 nitrogen and oxygen atoms in total. The maximum absolute atomic E-state index is 4.19. The maximum atomic E-state index is 4.19. The first-order chi connectivity index (χ1) is 8.72. The van der Waals surface area contributed by atoms with Gasteiger partial charge in [0.25, 0.3) is 0 Å². The summed E-state index contributed by atoms with van der Waals surface area (Å²) in [5.74, 6) is 2.15. The van der Waals surface area contributed by atoms with Crippen LogP contribution in [0.4, 0.5) is 0 Å². The summed E-state index contributed by atoms with van der Waals surface area (Å²) < 4.78 is 3.42. The molecule has 2 aromatic heterocycles. The second-order valence-corrected chi connectivity index (χ2v) is 6.94. The van der Waals surface area contributed by atoms with Crippen LogP contribution in [0.1, 0.15) is 23.6 Å². The van der Waals surface area contributed by atoms with Gasteiger partial charge in [-0.15, -0.1) is 21.5 Å². The normalized spacial score (nSPS) is 18.9. The Hall–Kier alpha value is -0.720. The molecule has 1 aliphatic rings. The van der Waals surface area contributed by atoms with E-state index in [0.29, 0.717) is 6.04 Å². The lowest BCUT2D eigenvalue weighted by atomic mass is 10.1. The van der Waals surface area contributed by atoms with Gasteiger partial charge >= 0.3 is 0 Å². The molecule has 0 unspecified atom stereocenters. The van der Waals surface area contributed by atoms with Crippen molar-refractivity contribution in [2.45, 2.75) is 38.9 Å². The van der Waals surface area contributed by atoms with E-state index in [1.807, 2.05) is 6.92 Å². The van der Waals surface area contributed by atoms with Gasteiger partial charge < -0.3 is 9.88 Å². The summed E-state index contributed by atoms with van der Waals surface area (Å²) in [6, 6.07) is 2.70. The van der Waals surface area contributed by atoms with Gasteiger partial charge in [-0.3, -0.25) is 0 Å². The first-order valence-electron chi connectivity index (χ1n) is 6.07. The number of fused-ring (bicyclic) bond motifs is 1. The molecule has 0 amide bonds. The highest BCUT2D eigenvalue weighted by atomic mass is 79.9. The Morgan fingerprint density at radius 2 is 2.44 bits per heavy atom. The maximum Gasteiger partial charge on any atom is 0.133 e. The summed E-state index contributed by atoms with van der Waals surface area (Å²) in [5.41, 5.74) is 1.35. The number of hydrogen-bond acceptors (Lipinski definition) is 4. The van der Waals surface area contributed by atoms with E-state index in [1.54, 1.807) is 11.3 Å². The van der Waals surface area contributed by atoms with E-state index >= 15 is 0 Å². The lowest BCUT2D eigenvalue weighted by molar-refractivity contribution is 0.375. The van der Waals surface area contributed by atoms with Crippen molar-refractivity contribution in [1.29, 1.82) is 0 Å². The number of thiophene rings is 1. The predicted molar refractivity (Wildman–Crippen MR) is 75.7 cm³/mol. The molecule has 3 rings (SSSR count). The highest BCUT2D eigenvalue weighted by molar-refractivity contribution is 9.11. The van der Waals surface area contributed by atoms with Gasteiger partial charge in [0, 0.05) is 25.6 Å². The van der Waals surface area contributed by atoms with Crippen molar-refractivity contribution >= 4 is 27.3 Å². The van der Waals surface area contributed by atoms with Gasteiger partial charge in [0.15, 0.2) is 0 Å². The van der Waals surface area contributed by atoms with Gasteiger partial charge in [-0.1, -0.05) is 0 Å². The van der Waals surface area contributed by atoms with E-state index in [-0.39, 0.29) is 0 Å². The molecule has 0 radical (unpaired) electrons. The number of halogens is 1. The second kappa shape index (κ2) is 5.11. The van der Waals surface area contributed by atoms with Gasteiger partial charge in [-0.05, 0) is 46.3 Å². The second-order valence-electron chi connectivity index (χ2n) is 4.65. The van der Waals surface area contributed by atoms with E-state index < -0.39 is 0 Å². The van der Waals surface area contributed by atoms with Crippen LogP contribution in [0.3, 0.4) is 0 Å². The minimum atomic E-state index is 0.519. The molecule has 6 heteroatoms.